The van der Waals surface area contributed by atoms with E-state index in [4.69, 9.17) is 0 Å². The Morgan fingerprint density at radius 3 is 2.67 bits per heavy atom. The first kappa shape index (κ1) is 18.7. The summed E-state index contributed by atoms with van der Waals surface area (Å²) in [5.41, 5.74) is 0.911. The zero-order valence-corrected chi connectivity index (χ0v) is 15.4. The lowest BCUT2D eigenvalue weighted by Crippen LogP contribution is -2.55. The summed E-state index contributed by atoms with van der Waals surface area (Å²) in [6, 6.07) is 1.70. The van der Waals surface area contributed by atoms with E-state index in [2.05, 4.69) is 0 Å². The normalized spacial score (nSPS) is 21.4. The maximum Gasteiger partial charge on any atom is 0.263 e. The van der Waals surface area contributed by atoms with Gasteiger partial charge in [0.05, 0.1) is 12.1 Å². The molecule has 1 fully saturated rings. The third-order valence-electron chi connectivity index (χ3n) is 4.77. The summed E-state index contributed by atoms with van der Waals surface area (Å²) in [6.45, 7) is 5.26. The summed E-state index contributed by atoms with van der Waals surface area (Å²) in [7, 11) is 5.52. The van der Waals surface area contributed by atoms with Crippen molar-refractivity contribution in [2.45, 2.75) is 38.7 Å². The van der Waals surface area contributed by atoms with Crippen LogP contribution in [0, 0.1) is 6.92 Å². The van der Waals surface area contributed by atoms with E-state index >= 15 is 0 Å². The minimum Gasteiger partial charge on any atom is -0.387 e. The molecule has 1 aliphatic rings. The summed E-state index contributed by atoms with van der Waals surface area (Å²) in [4.78, 5) is 29.0. The van der Waals surface area contributed by atoms with Gasteiger partial charge in [-0.05, 0) is 51.9 Å². The van der Waals surface area contributed by atoms with Gasteiger partial charge in [-0.2, -0.15) is 0 Å². The third-order valence-corrected chi connectivity index (χ3v) is 4.77. The molecule has 0 aromatic carbocycles. The van der Waals surface area contributed by atoms with E-state index in [0.717, 1.165) is 24.1 Å². The Balaban J connectivity index is 2.31. The Morgan fingerprint density at radius 1 is 1.42 bits per heavy atom. The van der Waals surface area contributed by atoms with Crippen molar-refractivity contribution in [1.82, 2.24) is 14.4 Å². The Bertz CT molecular complexity index is 681. The molecular formula is C18H29N3O3. The number of hydrogen-bond acceptors (Lipinski definition) is 4. The van der Waals surface area contributed by atoms with Crippen LogP contribution in [0.15, 0.2) is 10.9 Å². The van der Waals surface area contributed by atoms with E-state index in [1.54, 1.807) is 22.6 Å². The highest BCUT2D eigenvalue weighted by Gasteiger charge is 2.36. The van der Waals surface area contributed by atoms with Gasteiger partial charge in [0.1, 0.15) is 5.56 Å². The fraction of sp³-hybridized carbons (Fsp3) is 0.667. The smallest absolute Gasteiger partial charge is 0.263 e. The number of aromatic nitrogens is 1. The molecule has 2 rings (SSSR count). The number of amides is 1. The number of piperidine rings is 1. The van der Waals surface area contributed by atoms with Crippen LogP contribution in [0.4, 0.5) is 0 Å². The predicted molar refractivity (Wildman–Crippen MR) is 94.4 cm³/mol. The maximum absolute atomic E-state index is 12.9. The van der Waals surface area contributed by atoms with Crippen LogP contribution in [-0.4, -0.2) is 64.7 Å². The van der Waals surface area contributed by atoms with E-state index in [1.807, 2.05) is 32.8 Å². The van der Waals surface area contributed by atoms with Gasteiger partial charge in [0.2, 0.25) is 0 Å². The first-order chi connectivity index (χ1) is 11.2. The SMILES string of the molecule is CCc1c(C)cc(C(=O)N2CCCC(O)(CN(C)C)C2)c(=O)n1C. The van der Waals surface area contributed by atoms with Crippen molar-refractivity contribution in [3.05, 3.63) is 33.2 Å². The number of likely N-dealkylation sites (tertiary alicyclic amines) is 1. The summed E-state index contributed by atoms with van der Waals surface area (Å²) < 4.78 is 1.57. The number of nitrogens with zero attached hydrogens (tertiary/aromatic N) is 3. The lowest BCUT2D eigenvalue weighted by molar-refractivity contribution is -0.0392. The summed E-state index contributed by atoms with van der Waals surface area (Å²) >= 11 is 0. The van der Waals surface area contributed by atoms with Crippen LogP contribution in [0.2, 0.25) is 0 Å². The predicted octanol–water partition coefficient (Wildman–Crippen LogP) is 0.785. The molecule has 1 unspecified atom stereocenters. The highest BCUT2D eigenvalue weighted by molar-refractivity contribution is 5.94. The van der Waals surface area contributed by atoms with E-state index in [9.17, 15) is 14.7 Å². The molecule has 1 saturated heterocycles. The van der Waals surface area contributed by atoms with Gasteiger partial charge in [0.25, 0.3) is 11.5 Å². The number of likely N-dealkylation sites (N-methyl/N-ethyl adjacent to an activating group) is 1. The van der Waals surface area contributed by atoms with Crippen LogP contribution in [-0.2, 0) is 13.5 Å². The standard InChI is InChI=1S/C18H29N3O3/c1-6-15-13(2)10-14(16(22)20(15)5)17(23)21-9-7-8-18(24,12-21)11-19(3)4/h10,24H,6-9,11-12H2,1-5H3. The number of rotatable bonds is 4. The number of hydrogen-bond donors (Lipinski definition) is 1. The second kappa shape index (κ2) is 7.07. The van der Waals surface area contributed by atoms with Crippen molar-refractivity contribution in [2.75, 3.05) is 33.7 Å². The lowest BCUT2D eigenvalue weighted by Gasteiger charge is -2.40. The lowest BCUT2D eigenvalue weighted by atomic mass is 9.92. The van der Waals surface area contributed by atoms with Gasteiger partial charge in [-0.15, -0.1) is 0 Å². The summed E-state index contributed by atoms with van der Waals surface area (Å²) in [5.74, 6) is -0.279. The molecule has 1 aliphatic heterocycles. The van der Waals surface area contributed by atoms with E-state index in [0.29, 0.717) is 19.5 Å². The van der Waals surface area contributed by atoms with Gasteiger partial charge in [0, 0.05) is 25.8 Å². The number of aliphatic hydroxyl groups is 1. The topological polar surface area (TPSA) is 65.8 Å². The number of carbonyl (C=O) groups excluding carboxylic acids is 1. The van der Waals surface area contributed by atoms with E-state index < -0.39 is 5.60 Å². The Kier molecular flexibility index (Phi) is 5.50. The zero-order valence-electron chi connectivity index (χ0n) is 15.4. The first-order valence-electron chi connectivity index (χ1n) is 8.54. The molecule has 1 aromatic heterocycles. The molecule has 6 heteroatoms. The molecule has 2 heterocycles. The maximum atomic E-state index is 12.9. The second-order valence-electron chi connectivity index (χ2n) is 7.20. The molecule has 0 aliphatic carbocycles. The molecule has 24 heavy (non-hydrogen) atoms. The second-order valence-corrected chi connectivity index (χ2v) is 7.20. The van der Waals surface area contributed by atoms with Crippen LogP contribution in [0.25, 0.3) is 0 Å². The van der Waals surface area contributed by atoms with Crippen LogP contribution in [0.3, 0.4) is 0 Å². The van der Waals surface area contributed by atoms with Crippen LogP contribution >= 0.6 is 0 Å². The van der Waals surface area contributed by atoms with Gasteiger partial charge >= 0.3 is 0 Å². The average Bonchev–Trinajstić information content (AvgIpc) is 2.49. The highest BCUT2D eigenvalue weighted by Crippen LogP contribution is 2.23. The summed E-state index contributed by atoms with van der Waals surface area (Å²) in [5, 5.41) is 10.7. The van der Waals surface area contributed by atoms with Gasteiger partial charge in [-0.25, -0.2) is 0 Å². The fourth-order valence-electron chi connectivity index (χ4n) is 3.77. The fourth-order valence-corrected chi connectivity index (χ4v) is 3.77. The monoisotopic (exact) mass is 335 g/mol. The molecule has 1 N–H and O–H groups in total. The van der Waals surface area contributed by atoms with Crippen LogP contribution < -0.4 is 5.56 Å². The molecule has 0 saturated carbocycles. The summed E-state index contributed by atoms with van der Waals surface area (Å²) in [6.07, 6.45) is 2.15. The molecular weight excluding hydrogens is 306 g/mol. The minimum atomic E-state index is -0.916. The van der Waals surface area contributed by atoms with Crippen LogP contribution in [0.5, 0.6) is 0 Å². The van der Waals surface area contributed by atoms with Crippen LogP contribution in [0.1, 0.15) is 41.4 Å². The molecule has 0 radical (unpaired) electrons. The van der Waals surface area contributed by atoms with E-state index in [1.165, 1.54) is 0 Å². The number of pyridine rings is 1. The third kappa shape index (κ3) is 3.70. The zero-order chi connectivity index (χ0) is 18.1. The Labute approximate surface area is 143 Å². The van der Waals surface area contributed by atoms with Gasteiger partial charge in [-0.3, -0.25) is 9.59 Å². The minimum absolute atomic E-state index is 0.196. The molecule has 6 nitrogen and oxygen atoms in total. The largest absolute Gasteiger partial charge is 0.387 e. The van der Waals surface area contributed by atoms with Crippen molar-refractivity contribution < 1.29 is 9.90 Å². The number of β-amino-alcohol motifs (C(OH)–C–C–N with tert-alkyl or cyclic N) is 1. The number of carbonyl (C=O) groups is 1. The molecule has 134 valence electrons. The van der Waals surface area contributed by atoms with Crippen molar-refractivity contribution in [3.8, 4) is 0 Å². The molecule has 1 amide bonds. The quantitative estimate of drug-likeness (QED) is 0.883. The average molecular weight is 335 g/mol. The molecule has 1 aromatic rings. The van der Waals surface area contributed by atoms with Crippen molar-refractivity contribution in [3.63, 3.8) is 0 Å². The Hall–Kier alpha value is -1.66. The highest BCUT2D eigenvalue weighted by atomic mass is 16.3. The van der Waals surface area contributed by atoms with Gasteiger partial charge in [-0.1, -0.05) is 6.92 Å². The van der Waals surface area contributed by atoms with Gasteiger partial charge in [0.15, 0.2) is 0 Å². The van der Waals surface area contributed by atoms with Crippen molar-refractivity contribution >= 4 is 5.91 Å². The van der Waals surface area contributed by atoms with E-state index in [-0.39, 0.29) is 23.6 Å². The molecule has 0 spiro atoms. The van der Waals surface area contributed by atoms with Crippen molar-refractivity contribution in [1.29, 1.82) is 0 Å². The van der Waals surface area contributed by atoms with Gasteiger partial charge < -0.3 is 19.5 Å². The first-order valence-corrected chi connectivity index (χ1v) is 8.54. The molecule has 1 atom stereocenters. The molecule has 0 bridgehead atoms. The van der Waals surface area contributed by atoms with Crippen molar-refractivity contribution in [2.24, 2.45) is 7.05 Å². The Morgan fingerprint density at radius 2 is 2.08 bits per heavy atom. The number of aryl methyl sites for hydroxylation is 1.